The second-order valence-corrected chi connectivity index (χ2v) is 21.7. The highest BCUT2D eigenvalue weighted by atomic mass is 28.3. The fraction of sp³-hybridized carbons (Fsp3) is 0.188. The molecular formula is C32H34Si2. The van der Waals surface area contributed by atoms with E-state index in [1.165, 1.54) is 54.2 Å². The van der Waals surface area contributed by atoms with Gasteiger partial charge in [-0.2, -0.15) is 0 Å². The van der Waals surface area contributed by atoms with Crippen LogP contribution in [0.3, 0.4) is 0 Å². The molecule has 0 heterocycles. The van der Waals surface area contributed by atoms with Crippen molar-refractivity contribution in [3.05, 3.63) is 97.1 Å². The fourth-order valence-electron chi connectivity index (χ4n) is 4.99. The van der Waals surface area contributed by atoms with Crippen molar-refractivity contribution in [3.8, 4) is 22.3 Å². The maximum atomic E-state index is 2.50. The molecule has 0 fully saturated rings. The normalized spacial score (nSPS) is 12.4. The number of hydrogen-bond acceptors (Lipinski definition) is 0. The van der Waals surface area contributed by atoms with E-state index < -0.39 is 16.1 Å². The molecule has 0 unspecified atom stereocenters. The van der Waals surface area contributed by atoms with E-state index in [2.05, 4.69) is 136 Å². The summed E-state index contributed by atoms with van der Waals surface area (Å²) in [5.41, 5.74) is 5.33. The molecule has 0 aromatic heterocycles. The molecule has 0 aliphatic carbocycles. The van der Waals surface area contributed by atoms with Crippen molar-refractivity contribution in [2.24, 2.45) is 0 Å². The lowest BCUT2D eigenvalue weighted by atomic mass is 9.86. The number of rotatable bonds is 4. The van der Waals surface area contributed by atoms with Gasteiger partial charge in [-0.1, -0.05) is 147 Å². The smallest absolute Gasteiger partial charge is 0.0656 e. The number of fused-ring (bicyclic) bond motifs is 2. The summed E-state index contributed by atoms with van der Waals surface area (Å²) >= 11 is 0. The summed E-state index contributed by atoms with van der Waals surface area (Å²) in [6.45, 7) is 14.6. The van der Waals surface area contributed by atoms with Crippen LogP contribution in [0.15, 0.2) is 97.1 Å². The Hall–Kier alpha value is -2.95. The van der Waals surface area contributed by atoms with Crippen molar-refractivity contribution in [1.29, 1.82) is 0 Å². The first kappa shape index (κ1) is 22.8. The maximum absolute atomic E-state index is 2.50. The van der Waals surface area contributed by atoms with Gasteiger partial charge in [-0.3, -0.25) is 0 Å². The second-order valence-electron chi connectivity index (χ2n) is 11.5. The van der Waals surface area contributed by atoms with E-state index in [0.717, 1.165) is 0 Å². The monoisotopic (exact) mass is 474 g/mol. The van der Waals surface area contributed by atoms with E-state index in [9.17, 15) is 0 Å². The molecule has 5 aromatic rings. The van der Waals surface area contributed by atoms with Crippen LogP contribution in [0.5, 0.6) is 0 Å². The predicted octanol–water partition coefficient (Wildman–Crippen LogP) is 8.42. The Morgan fingerprint density at radius 1 is 0.382 bits per heavy atom. The Kier molecular flexibility index (Phi) is 5.62. The van der Waals surface area contributed by atoms with Crippen LogP contribution in [0, 0.1) is 0 Å². The van der Waals surface area contributed by atoms with E-state index in [-0.39, 0.29) is 0 Å². The molecular weight excluding hydrogens is 441 g/mol. The highest BCUT2D eigenvalue weighted by Crippen LogP contribution is 2.43. The lowest BCUT2D eigenvalue weighted by Gasteiger charge is -2.23. The summed E-state index contributed by atoms with van der Waals surface area (Å²) in [4.78, 5) is 0. The van der Waals surface area contributed by atoms with Gasteiger partial charge in [0.05, 0.1) is 16.1 Å². The molecule has 2 heteroatoms. The third kappa shape index (κ3) is 4.06. The lowest BCUT2D eigenvalue weighted by Crippen LogP contribution is -2.37. The molecule has 0 aliphatic rings. The topological polar surface area (TPSA) is 0 Å². The Morgan fingerprint density at radius 2 is 0.735 bits per heavy atom. The first-order chi connectivity index (χ1) is 16.1. The minimum atomic E-state index is -1.47. The van der Waals surface area contributed by atoms with E-state index >= 15 is 0 Å². The van der Waals surface area contributed by atoms with Gasteiger partial charge in [-0.25, -0.2) is 0 Å². The molecule has 0 spiro atoms. The van der Waals surface area contributed by atoms with Crippen molar-refractivity contribution >= 4 is 48.1 Å². The summed E-state index contributed by atoms with van der Waals surface area (Å²) in [5, 5.41) is 8.47. The highest BCUT2D eigenvalue weighted by molar-refractivity contribution is 6.89. The zero-order chi connectivity index (χ0) is 24.1. The van der Waals surface area contributed by atoms with Gasteiger partial charge < -0.3 is 0 Å². The summed E-state index contributed by atoms with van der Waals surface area (Å²) in [6.07, 6.45) is 0. The molecule has 5 aromatic carbocycles. The van der Waals surface area contributed by atoms with Crippen molar-refractivity contribution in [3.63, 3.8) is 0 Å². The summed E-state index contributed by atoms with van der Waals surface area (Å²) < 4.78 is 0. The van der Waals surface area contributed by atoms with Gasteiger partial charge in [0.25, 0.3) is 0 Å². The molecule has 0 nitrogen and oxygen atoms in total. The lowest BCUT2D eigenvalue weighted by molar-refractivity contribution is 1.65. The average Bonchev–Trinajstić information content (AvgIpc) is 2.81. The van der Waals surface area contributed by atoms with E-state index in [0.29, 0.717) is 0 Å². The Morgan fingerprint density at radius 3 is 1.06 bits per heavy atom. The van der Waals surface area contributed by atoms with Crippen LogP contribution in [0.4, 0.5) is 0 Å². The molecule has 170 valence electrons. The van der Waals surface area contributed by atoms with Crippen LogP contribution in [0.1, 0.15) is 0 Å². The fourth-order valence-corrected chi connectivity index (χ4v) is 7.31. The third-order valence-electron chi connectivity index (χ3n) is 6.97. The van der Waals surface area contributed by atoms with Gasteiger partial charge in [0.15, 0.2) is 0 Å². The summed E-state index contributed by atoms with van der Waals surface area (Å²) in [5.74, 6) is 0. The van der Waals surface area contributed by atoms with Crippen molar-refractivity contribution < 1.29 is 0 Å². The second kappa shape index (κ2) is 8.37. The largest absolute Gasteiger partial charge is 0.0776 e. The first-order valence-corrected chi connectivity index (χ1v) is 19.3. The van der Waals surface area contributed by atoms with Crippen LogP contribution in [0.2, 0.25) is 39.3 Å². The van der Waals surface area contributed by atoms with Gasteiger partial charge >= 0.3 is 0 Å². The minimum Gasteiger partial charge on any atom is -0.0656 e. The van der Waals surface area contributed by atoms with Gasteiger partial charge in [-0.15, -0.1) is 0 Å². The van der Waals surface area contributed by atoms with Gasteiger partial charge in [-0.05, 0) is 43.8 Å². The van der Waals surface area contributed by atoms with Crippen LogP contribution < -0.4 is 10.4 Å². The van der Waals surface area contributed by atoms with Crippen molar-refractivity contribution in [2.45, 2.75) is 39.3 Å². The Balaban J connectivity index is 2.03. The molecule has 0 saturated carbocycles. The van der Waals surface area contributed by atoms with E-state index in [1.54, 1.807) is 0 Å². The minimum absolute atomic E-state index is 1.30. The zero-order valence-electron chi connectivity index (χ0n) is 21.2. The number of benzene rings is 5. The molecule has 0 radical (unpaired) electrons. The van der Waals surface area contributed by atoms with Gasteiger partial charge in [0.2, 0.25) is 0 Å². The molecule has 0 aliphatic heterocycles. The molecule has 5 rings (SSSR count). The van der Waals surface area contributed by atoms with Gasteiger partial charge in [0.1, 0.15) is 0 Å². The SMILES string of the molecule is C[Si](C)(C)c1ccc2c(-c3ccccc3)c3cc([Si](C)(C)C)ccc3c(-c3ccccc3)c2c1. The third-order valence-corrected chi connectivity index (χ3v) is 11.1. The van der Waals surface area contributed by atoms with Crippen LogP contribution in [-0.4, -0.2) is 16.1 Å². The quantitative estimate of drug-likeness (QED) is 0.181. The van der Waals surface area contributed by atoms with Crippen molar-refractivity contribution in [2.75, 3.05) is 0 Å². The van der Waals surface area contributed by atoms with Gasteiger partial charge in [0, 0.05) is 0 Å². The maximum Gasteiger partial charge on any atom is 0.0776 e. The zero-order valence-corrected chi connectivity index (χ0v) is 23.2. The van der Waals surface area contributed by atoms with E-state index in [1.807, 2.05) is 0 Å². The predicted molar refractivity (Wildman–Crippen MR) is 158 cm³/mol. The highest BCUT2D eigenvalue weighted by Gasteiger charge is 2.23. The average molecular weight is 475 g/mol. The standard InChI is InChI=1S/C32H34Si2/c1-33(2,3)25-17-19-27-29(21-25)31(23-13-9-7-10-14-23)28-20-18-26(34(4,5)6)22-30(28)32(27)24-15-11-8-12-16-24/h7-22H,1-6H3. The molecule has 34 heavy (non-hydrogen) atoms. The molecule has 0 bridgehead atoms. The Bertz CT molecular complexity index is 1370. The van der Waals surface area contributed by atoms with Crippen molar-refractivity contribution in [1.82, 2.24) is 0 Å². The molecule has 0 saturated heterocycles. The molecule has 0 N–H and O–H groups in total. The van der Waals surface area contributed by atoms with Crippen LogP contribution >= 0.6 is 0 Å². The molecule has 0 atom stereocenters. The van der Waals surface area contributed by atoms with Crippen LogP contribution in [0.25, 0.3) is 43.8 Å². The number of hydrogen-bond donors (Lipinski definition) is 0. The summed E-state index contributed by atoms with van der Waals surface area (Å²) in [6, 6.07) is 36.5. The van der Waals surface area contributed by atoms with Crippen LogP contribution in [-0.2, 0) is 0 Å². The molecule has 0 amide bonds. The Labute approximate surface area is 206 Å². The first-order valence-electron chi connectivity index (χ1n) is 12.3. The summed E-state index contributed by atoms with van der Waals surface area (Å²) in [7, 11) is -2.93. The van der Waals surface area contributed by atoms with E-state index in [4.69, 9.17) is 0 Å².